The molecule has 0 aliphatic carbocycles. The highest BCUT2D eigenvalue weighted by atomic mass is 16.5. The third kappa shape index (κ3) is 3.84. The number of amides is 1. The Morgan fingerprint density at radius 3 is 2.74 bits per heavy atom. The number of hydrogen-bond donors (Lipinski definition) is 7. The molecule has 2 aromatic rings. The summed E-state index contributed by atoms with van der Waals surface area (Å²) in [6.07, 6.45) is -2.20. The van der Waals surface area contributed by atoms with Crippen LogP contribution < -0.4 is 16.4 Å². The predicted molar refractivity (Wildman–Crippen MR) is 93.3 cm³/mol. The molecule has 148 valence electrons. The number of hydrogen-bond acceptors (Lipinski definition) is 10. The molecule has 0 unspecified atom stereocenters. The molecule has 1 amide bonds. The number of aliphatic hydroxyl groups is 3. The van der Waals surface area contributed by atoms with Gasteiger partial charge in [0.25, 0.3) is 0 Å². The zero-order valence-electron chi connectivity index (χ0n) is 14.8. The zero-order chi connectivity index (χ0) is 19.8. The Morgan fingerprint density at radius 2 is 2.07 bits per heavy atom. The van der Waals surface area contributed by atoms with Gasteiger partial charge in [0.1, 0.15) is 30.2 Å². The number of carbonyl (C=O) groups excluding carboxylic acids is 1. The molecule has 3 rings (SSSR count). The molecule has 0 saturated carbocycles. The Balaban J connectivity index is 1.78. The van der Waals surface area contributed by atoms with Crippen LogP contribution in [-0.2, 0) is 9.53 Å². The van der Waals surface area contributed by atoms with Crippen LogP contribution in [0.15, 0.2) is 12.7 Å². The summed E-state index contributed by atoms with van der Waals surface area (Å²) in [5.41, 5.74) is 5.44. The lowest BCUT2D eigenvalue weighted by Crippen LogP contribution is -2.67. The molecule has 8 N–H and O–H groups in total. The Labute approximate surface area is 154 Å². The van der Waals surface area contributed by atoms with Crippen LogP contribution in [0.2, 0.25) is 0 Å². The lowest BCUT2D eigenvalue weighted by Gasteiger charge is -2.43. The number of aromatic amines is 1. The number of nitrogens with one attached hydrogen (secondary N) is 3. The fourth-order valence-electron chi connectivity index (χ4n) is 2.77. The van der Waals surface area contributed by atoms with E-state index >= 15 is 0 Å². The summed E-state index contributed by atoms with van der Waals surface area (Å²) >= 11 is 0. The SMILES string of the molecule is CC(C)(N)C(=O)N[C@@H]1[C@@H](O)[C@H](O)[C@@H](Nc2ncnc3nc[nH]c23)O[C@H]1CO. The summed E-state index contributed by atoms with van der Waals surface area (Å²) in [6.45, 7) is 2.50. The molecule has 0 radical (unpaired) electrons. The molecule has 0 bridgehead atoms. The molecule has 5 atom stereocenters. The number of nitrogens with zero attached hydrogens (tertiary/aromatic N) is 3. The Kier molecular flexibility index (Phi) is 5.26. The smallest absolute Gasteiger partial charge is 0.239 e. The average molecular weight is 381 g/mol. The molecule has 12 heteroatoms. The fraction of sp³-hybridized carbons (Fsp3) is 0.600. The van der Waals surface area contributed by atoms with E-state index in [1.165, 1.54) is 26.5 Å². The normalized spacial score (nSPS) is 28.9. The van der Waals surface area contributed by atoms with Gasteiger partial charge in [-0.1, -0.05) is 0 Å². The summed E-state index contributed by atoms with van der Waals surface area (Å²) in [5.74, 6) is -0.252. The number of ether oxygens (including phenoxy) is 1. The van der Waals surface area contributed by atoms with E-state index in [9.17, 15) is 20.1 Å². The molecule has 2 aromatic heterocycles. The highest BCUT2D eigenvalue weighted by Crippen LogP contribution is 2.24. The minimum absolute atomic E-state index is 0.302. The van der Waals surface area contributed by atoms with Crippen molar-refractivity contribution in [3.63, 3.8) is 0 Å². The second-order valence-corrected chi connectivity index (χ2v) is 6.95. The van der Waals surface area contributed by atoms with Gasteiger partial charge < -0.3 is 41.4 Å². The molecular formula is C15H23N7O5. The van der Waals surface area contributed by atoms with E-state index in [0.717, 1.165) is 0 Å². The third-order valence-corrected chi connectivity index (χ3v) is 4.31. The number of imidazole rings is 1. The average Bonchev–Trinajstić information content (AvgIpc) is 3.10. The van der Waals surface area contributed by atoms with E-state index in [1.807, 2.05) is 0 Å². The van der Waals surface area contributed by atoms with E-state index in [4.69, 9.17) is 10.5 Å². The largest absolute Gasteiger partial charge is 0.394 e. The maximum Gasteiger partial charge on any atom is 0.239 e. The van der Waals surface area contributed by atoms with Gasteiger partial charge in [-0.3, -0.25) is 4.79 Å². The van der Waals surface area contributed by atoms with Gasteiger partial charge >= 0.3 is 0 Å². The molecule has 1 fully saturated rings. The van der Waals surface area contributed by atoms with Gasteiger partial charge in [0.2, 0.25) is 5.91 Å². The van der Waals surface area contributed by atoms with Gasteiger partial charge in [-0.25, -0.2) is 15.0 Å². The standard InChI is InChI=1S/C15H23N7O5/c1-15(2,16)14(26)21-7-6(3-23)27-13(10(25)9(7)24)22-12-8-11(18-4-17-8)19-5-20-12/h4-7,9-10,13,23-25H,3,16H2,1-2H3,(H,21,26)(H2,17,18,19,20,22)/t6-,7-,9+,10-,13-/m0/s1. The lowest BCUT2D eigenvalue weighted by atomic mass is 9.94. The Morgan fingerprint density at radius 1 is 1.33 bits per heavy atom. The van der Waals surface area contributed by atoms with E-state index < -0.39 is 48.6 Å². The minimum Gasteiger partial charge on any atom is -0.394 e. The van der Waals surface area contributed by atoms with Crippen molar-refractivity contribution in [3.8, 4) is 0 Å². The van der Waals surface area contributed by atoms with Crippen LogP contribution in [-0.4, -0.2) is 83.9 Å². The molecule has 1 aliphatic rings. The van der Waals surface area contributed by atoms with Gasteiger partial charge in [0, 0.05) is 0 Å². The van der Waals surface area contributed by atoms with E-state index in [1.54, 1.807) is 0 Å². The van der Waals surface area contributed by atoms with Gasteiger partial charge in [-0.05, 0) is 13.8 Å². The first kappa shape index (κ1) is 19.4. The summed E-state index contributed by atoms with van der Waals surface area (Å²) in [5, 5.41) is 35.9. The van der Waals surface area contributed by atoms with Crippen LogP contribution in [0, 0.1) is 0 Å². The third-order valence-electron chi connectivity index (χ3n) is 4.31. The maximum absolute atomic E-state index is 12.1. The molecule has 27 heavy (non-hydrogen) atoms. The van der Waals surface area contributed by atoms with Crippen molar-refractivity contribution < 1.29 is 24.9 Å². The van der Waals surface area contributed by atoms with Crippen LogP contribution in [0.3, 0.4) is 0 Å². The van der Waals surface area contributed by atoms with E-state index in [2.05, 4.69) is 30.6 Å². The van der Waals surface area contributed by atoms with Gasteiger partial charge in [-0.15, -0.1) is 0 Å². The Hall–Kier alpha value is -2.38. The first-order chi connectivity index (χ1) is 12.7. The number of nitrogens with two attached hydrogens (primary N) is 1. The lowest BCUT2D eigenvalue weighted by molar-refractivity contribution is -0.185. The number of carbonyl (C=O) groups is 1. The first-order valence-corrected chi connectivity index (χ1v) is 8.35. The highest BCUT2D eigenvalue weighted by Gasteiger charge is 2.46. The molecule has 0 spiro atoms. The fourth-order valence-corrected chi connectivity index (χ4v) is 2.77. The van der Waals surface area contributed by atoms with Crippen molar-refractivity contribution in [2.75, 3.05) is 11.9 Å². The van der Waals surface area contributed by atoms with Crippen molar-refractivity contribution in [3.05, 3.63) is 12.7 Å². The molecule has 0 aromatic carbocycles. The van der Waals surface area contributed by atoms with E-state index in [-0.39, 0.29) is 0 Å². The number of aromatic nitrogens is 4. The number of anilines is 1. The molecule has 3 heterocycles. The van der Waals surface area contributed by atoms with Crippen molar-refractivity contribution in [1.29, 1.82) is 0 Å². The number of fused-ring (bicyclic) bond motifs is 1. The molecular weight excluding hydrogens is 358 g/mol. The van der Waals surface area contributed by atoms with Gasteiger partial charge in [-0.2, -0.15) is 0 Å². The topological polar surface area (TPSA) is 192 Å². The number of aliphatic hydroxyl groups excluding tert-OH is 3. The van der Waals surface area contributed by atoms with Gasteiger partial charge in [0.05, 0.1) is 24.5 Å². The van der Waals surface area contributed by atoms with Crippen molar-refractivity contribution >= 4 is 22.9 Å². The van der Waals surface area contributed by atoms with Crippen LogP contribution in [0.4, 0.5) is 5.82 Å². The quantitative estimate of drug-likeness (QED) is 0.289. The van der Waals surface area contributed by atoms with Crippen molar-refractivity contribution in [1.82, 2.24) is 25.3 Å². The van der Waals surface area contributed by atoms with Crippen LogP contribution in [0.1, 0.15) is 13.8 Å². The minimum atomic E-state index is -1.42. The maximum atomic E-state index is 12.1. The summed E-state index contributed by atoms with van der Waals surface area (Å²) in [7, 11) is 0. The second-order valence-electron chi connectivity index (χ2n) is 6.95. The molecule has 1 aliphatic heterocycles. The summed E-state index contributed by atoms with van der Waals surface area (Å²) in [4.78, 5) is 27.0. The van der Waals surface area contributed by atoms with Crippen LogP contribution in [0.25, 0.3) is 11.2 Å². The van der Waals surface area contributed by atoms with Crippen LogP contribution in [0.5, 0.6) is 0 Å². The number of rotatable bonds is 5. The van der Waals surface area contributed by atoms with Crippen molar-refractivity contribution in [2.24, 2.45) is 5.73 Å². The summed E-state index contributed by atoms with van der Waals surface area (Å²) in [6, 6.07) is -1.05. The highest BCUT2D eigenvalue weighted by molar-refractivity contribution is 5.85. The van der Waals surface area contributed by atoms with E-state index in [0.29, 0.717) is 17.0 Å². The van der Waals surface area contributed by atoms with Gasteiger partial charge in [0.15, 0.2) is 17.7 Å². The predicted octanol–water partition coefficient (Wildman–Crippen LogP) is -2.57. The monoisotopic (exact) mass is 381 g/mol. The summed E-state index contributed by atoms with van der Waals surface area (Å²) < 4.78 is 5.65. The second kappa shape index (κ2) is 7.32. The Bertz CT molecular complexity index is 805. The number of H-pyrrole nitrogens is 1. The first-order valence-electron chi connectivity index (χ1n) is 8.35. The molecule has 1 saturated heterocycles. The zero-order valence-corrected chi connectivity index (χ0v) is 14.8. The molecule has 12 nitrogen and oxygen atoms in total. The van der Waals surface area contributed by atoms with Crippen molar-refractivity contribution in [2.45, 2.75) is 50.0 Å². The van der Waals surface area contributed by atoms with Crippen LogP contribution >= 0.6 is 0 Å².